The molecule has 1 aliphatic rings. The van der Waals surface area contributed by atoms with Gasteiger partial charge in [-0.3, -0.25) is 0 Å². The first kappa shape index (κ1) is 8.00. The molecule has 3 heteroatoms. The molecular weight excluding hydrogens is 174 g/mol. The van der Waals surface area contributed by atoms with E-state index < -0.39 is 0 Å². The van der Waals surface area contributed by atoms with Gasteiger partial charge in [0.2, 0.25) is 0 Å². The highest BCUT2D eigenvalue weighted by Crippen LogP contribution is 2.37. The van der Waals surface area contributed by atoms with Crippen LogP contribution in [0.25, 0.3) is 5.52 Å². The Hall–Kier alpha value is -1.35. The van der Waals surface area contributed by atoms with Gasteiger partial charge in [0.25, 0.3) is 0 Å². The number of nitrogens with zero attached hydrogens (tertiary/aromatic N) is 2. The van der Waals surface area contributed by atoms with E-state index in [0.717, 1.165) is 24.2 Å². The number of hydrogen-bond donors (Lipinski definition) is 1. The quantitative estimate of drug-likeness (QED) is 0.738. The van der Waals surface area contributed by atoms with Crippen molar-refractivity contribution in [1.82, 2.24) is 9.38 Å². The highest BCUT2D eigenvalue weighted by molar-refractivity contribution is 5.46. The lowest BCUT2D eigenvalue weighted by Gasteiger charge is -2.36. The van der Waals surface area contributed by atoms with Gasteiger partial charge in [0.1, 0.15) is 5.82 Å². The minimum Gasteiger partial charge on any atom is -0.319 e. The third kappa shape index (κ3) is 0.930. The van der Waals surface area contributed by atoms with Crippen molar-refractivity contribution in [3.63, 3.8) is 0 Å². The van der Waals surface area contributed by atoms with E-state index in [2.05, 4.69) is 15.5 Å². The zero-order chi connectivity index (χ0) is 9.60. The average molecular weight is 187 g/mol. The van der Waals surface area contributed by atoms with Crippen molar-refractivity contribution in [1.29, 1.82) is 0 Å². The maximum absolute atomic E-state index is 6.25. The van der Waals surface area contributed by atoms with Crippen LogP contribution in [0.15, 0.2) is 30.6 Å². The van der Waals surface area contributed by atoms with Crippen molar-refractivity contribution in [3.05, 3.63) is 36.4 Å². The molecule has 2 aromatic heterocycles. The number of imidazole rings is 1. The first-order valence-corrected chi connectivity index (χ1v) is 5.01. The molecule has 0 atom stereocenters. The second-order valence-electron chi connectivity index (χ2n) is 4.09. The summed E-state index contributed by atoms with van der Waals surface area (Å²) in [5.41, 5.74) is 7.20. The van der Waals surface area contributed by atoms with Gasteiger partial charge in [0, 0.05) is 6.20 Å². The van der Waals surface area contributed by atoms with Gasteiger partial charge in [0.05, 0.1) is 17.3 Å². The molecule has 2 aromatic rings. The van der Waals surface area contributed by atoms with Gasteiger partial charge in [-0.1, -0.05) is 6.07 Å². The predicted molar refractivity (Wildman–Crippen MR) is 54.9 cm³/mol. The molecular formula is C11H13N3. The summed E-state index contributed by atoms with van der Waals surface area (Å²) >= 11 is 0. The Kier molecular flexibility index (Phi) is 1.47. The van der Waals surface area contributed by atoms with Gasteiger partial charge in [-0.15, -0.1) is 0 Å². The average Bonchev–Trinajstić information content (AvgIpc) is 2.58. The topological polar surface area (TPSA) is 43.3 Å². The first-order chi connectivity index (χ1) is 6.80. The van der Waals surface area contributed by atoms with Crippen molar-refractivity contribution < 1.29 is 0 Å². The fourth-order valence-corrected chi connectivity index (χ4v) is 2.09. The lowest BCUT2D eigenvalue weighted by Crippen LogP contribution is -2.44. The van der Waals surface area contributed by atoms with Gasteiger partial charge in [-0.05, 0) is 31.4 Å². The Morgan fingerprint density at radius 1 is 1.36 bits per heavy atom. The second-order valence-corrected chi connectivity index (χ2v) is 4.09. The molecule has 1 saturated carbocycles. The molecule has 1 fully saturated rings. The summed E-state index contributed by atoms with van der Waals surface area (Å²) in [7, 11) is 0. The Labute approximate surface area is 82.6 Å². The molecule has 2 heterocycles. The molecule has 0 saturated heterocycles. The van der Waals surface area contributed by atoms with Crippen LogP contribution in [-0.4, -0.2) is 9.38 Å². The molecule has 0 unspecified atom stereocenters. The van der Waals surface area contributed by atoms with Gasteiger partial charge >= 0.3 is 0 Å². The van der Waals surface area contributed by atoms with E-state index in [-0.39, 0.29) is 5.54 Å². The maximum atomic E-state index is 6.25. The third-order valence-corrected chi connectivity index (χ3v) is 3.13. The van der Waals surface area contributed by atoms with E-state index >= 15 is 0 Å². The van der Waals surface area contributed by atoms with Crippen LogP contribution in [0.2, 0.25) is 0 Å². The predicted octanol–water partition coefficient (Wildman–Crippen LogP) is 1.67. The smallest absolute Gasteiger partial charge is 0.133 e. The number of fused-ring (bicyclic) bond motifs is 1. The molecule has 3 nitrogen and oxygen atoms in total. The van der Waals surface area contributed by atoms with Crippen molar-refractivity contribution >= 4 is 5.52 Å². The molecule has 0 radical (unpaired) electrons. The van der Waals surface area contributed by atoms with Gasteiger partial charge in [0.15, 0.2) is 0 Å². The van der Waals surface area contributed by atoms with E-state index in [1.807, 2.05) is 24.5 Å². The highest BCUT2D eigenvalue weighted by Gasteiger charge is 2.37. The molecule has 1 aliphatic carbocycles. The molecule has 14 heavy (non-hydrogen) atoms. The number of aromatic nitrogens is 2. The first-order valence-electron chi connectivity index (χ1n) is 5.01. The fraction of sp³-hybridized carbons (Fsp3) is 0.364. The van der Waals surface area contributed by atoms with E-state index in [9.17, 15) is 0 Å². The number of hydrogen-bond acceptors (Lipinski definition) is 2. The zero-order valence-electron chi connectivity index (χ0n) is 7.98. The van der Waals surface area contributed by atoms with Crippen LogP contribution in [0, 0.1) is 0 Å². The summed E-state index contributed by atoms with van der Waals surface area (Å²) in [6, 6.07) is 6.09. The van der Waals surface area contributed by atoms with Gasteiger partial charge in [-0.2, -0.15) is 0 Å². The van der Waals surface area contributed by atoms with Crippen LogP contribution in [0.3, 0.4) is 0 Å². The lowest BCUT2D eigenvalue weighted by molar-refractivity contribution is 0.237. The van der Waals surface area contributed by atoms with Crippen molar-refractivity contribution in [2.24, 2.45) is 5.73 Å². The number of nitrogens with two attached hydrogens (primary N) is 1. The van der Waals surface area contributed by atoms with E-state index in [1.165, 1.54) is 6.42 Å². The van der Waals surface area contributed by atoms with Crippen LogP contribution >= 0.6 is 0 Å². The minimum absolute atomic E-state index is 0.173. The Balaban J connectivity index is 2.22. The fourth-order valence-electron chi connectivity index (χ4n) is 2.09. The summed E-state index contributed by atoms with van der Waals surface area (Å²) in [5, 5.41) is 0. The number of rotatable bonds is 1. The van der Waals surface area contributed by atoms with Crippen LogP contribution in [0.1, 0.15) is 25.1 Å². The molecule has 0 amide bonds. The second kappa shape index (κ2) is 2.58. The summed E-state index contributed by atoms with van der Waals surface area (Å²) in [4.78, 5) is 4.43. The third-order valence-electron chi connectivity index (χ3n) is 3.13. The van der Waals surface area contributed by atoms with Gasteiger partial charge in [-0.25, -0.2) is 4.98 Å². The normalized spacial score (nSPS) is 19.5. The Morgan fingerprint density at radius 2 is 2.21 bits per heavy atom. The standard InChI is InChI=1S/C11H13N3/c12-11(5-3-6-11)10-13-8-9-4-1-2-7-14(9)10/h1-2,4,7-8H,3,5-6,12H2. The maximum Gasteiger partial charge on any atom is 0.133 e. The minimum atomic E-state index is -0.173. The van der Waals surface area contributed by atoms with Crippen LogP contribution in [0.4, 0.5) is 0 Å². The van der Waals surface area contributed by atoms with Crippen molar-refractivity contribution in [2.75, 3.05) is 0 Å². The molecule has 3 rings (SSSR count). The van der Waals surface area contributed by atoms with E-state index in [1.54, 1.807) is 0 Å². The van der Waals surface area contributed by atoms with Gasteiger partial charge < -0.3 is 10.1 Å². The van der Waals surface area contributed by atoms with Crippen molar-refractivity contribution in [3.8, 4) is 0 Å². The molecule has 0 aliphatic heterocycles. The summed E-state index contributed by atoms with van der Waals surface area (Å²) in [6.45, 7) is 0. The highest BCUT2D eigenvalue weighted by atomic mass is 15.1. The Morgan fingerprint density at radius 3 is 2.93 bits per heavy atom. The van der Waals surface area contributed by atoms with Crippen molar-refractivity contribution in [2.45, 2.75) is 24.8 Å². The van der Waals surface area contributed by atoms with Crippen LogP contribution in [-0.2, 0) is 5.54 Å². The van der Waals surface area contributed by atoms with Crippen LogP contribution in [0.5, 0.6) is 0 Å². The molecule has 2 N–H and O–H groups in total. The molecule has 0 aromatic carbocycles. The zero-order valence-corrected chi connectivity index (χ0v) is 7.98. The molecule has 72 valence electrons. The summed E-state index contributed by atoms with van der Waals surface area (Å²) in [5.74, 6) is 1.01. The summed E-state index contributed by atoms with van der Waals surface area (Å²) in [6.07, 6.45) is 7.26. The number of pyridine rings is 1. The largest absolute Gasteiger partial charge is 0.319 e. The summed E-state index contributed by atoms with van der Waals surface area (Å²) < 4.78 is 2.10. The van der Waals surface area contributed by atoms with E-state index in [0.29, 0.717) is 0 Å². The Bertz CT molecular complexity index is 468. The molecule has 0 spiro atoms. The van der Waals surface area contributed by atoms with E-state index in [4.69, 9.17) is 5.73 Å². The molecule has 0 bridgehead atoms. The monoisotopic (exact) mass is 187 g/mol. The lowest BCUT2D eigenvalue weighted by atomic mass is 9.77. The SMILES string of the molecule is NC1(c2ncc3ccccn23)CCC1. The van der Waals surface area contributed by atoms with Crippen LogP contribution < -0.4 is 5.73 Å².